The highest BCUT2D eigenvalue weighted by Gasteiger charge is 2.59. The van der Waals surface area contributed by atoms with Gasteiger partial charge in [0, 0.05) is 11.8 Å². The average Bonchev–Trinajstić information content (AvgIpc) is 2.25. The largest absolute Gasteiger partial charge is 0.431 e. The van der Waals surface area contributed by atoms with Crippen molar-refractivity contribution in [3.05, 3.63) is 0 Å². The predicted molar refractivity (Wildman–Crippen MR) is 41.7 cm³/mol. The number of fused-ring (bicyclic) bond motifs is 2. The summed E-state index contributed by atoms with van der Waals surface area (Å²) in [5.41, 5.74) is 0. The van der Waals surface area contributed by atoms with E-state index in [1.807, 2.05) is 6.92 Å². The minimum absolute atomic E-state index is 0.0381. The summed E-state index contributed by atoms with van der Waals surface area (Å²) in [5.74, 6) is 0.193. The Morgan fingerprint density at radius 1 is 1.08 bits per heavy atom. The van der Waals surface area contributed by atoms with E-state index >= 15 is 0 Å². The first-order valence-electron chi connectivity index (χ1n) is 4.70. The van der Waals surface area contributed by atoms with Gasteiger partial charge >= 0.3 is 5.97 Å². The molecule has 3 fully saturated rings. The van der Waals surface area contributed by atoms with Crippen LogP contribution in [0.4, 0.5) is 0 Å². The molecule has 0 N–H and O–H groups in total. The molecule has 0 aliphatic carbocycles. The van der Waals surface area contributed by atoms with Gasteiger partial charge in [0.05, 0.1) is 6.10 Å². The molecule has 0 amide bonds. The molecule has 13 heavy (non-hydrogen) atoms. The molecule has 4 unspecified atom stereocenters. The molecular weight excluding hydrogens is 172 g/mol. The molecule has 0 spiro atoms. The third-order valence-corrected chi connectivity index (χ3v) is 3.36. The van der Waals surface area contributed by atoms with Crippen molar-refractivity contribution in [3.63, 3.8) is 0 Å². The summed E-state index contributed by atoms with van der Waals surface area (Å²) >= 11 is 0. The Morgan fingerprint density at radius 2 is 1.85 bits per heavy atom. The molecule has 0 aromatic heterocycles. The normalized spacial score (nSPS) is 58.2. The van der Waals surface area contributed by atoms with Gasteiger partial charge in [0.25, 0.3) is 0 Å². The van der Waals surface area contributed by atoms with E-state index in [1.54, 1.807) is 0 Å². The minimum Gasteiger partial charge on any atom is -0.431 e. The Hall–Kier alpha value is -0.610. The monoisotopic (exact) mass is 184 g/mol. The summed E-state index contributed by atoms with van der Waals surface area (Å²) in [6, 6.07) is 0. The van der Waals surface area contributed by atoms with Crippen LogP contribution in [0.25, 0.3) is 0 Å². The maximum atomic E-state index is 11.3. The highest BCUT2D eigenvalue weighted by Crippen LogP contribution is 2.44. The maximum absolute atomic E-state index is 11.3. The van der Waals surface area contributed by atoms with E-state index in [9.17, 15) is 4.79 Å². The van der Waals surface area contributed by atoms with Crippen LogP contribution in [0.15, 0.2) is 0 Å². The van der Waals surface area contributed by atoms with Gasteiger partial charge in [-0.05, 0) is 0 Å². The highest BCUT2D eigenvalue weighted by atomic mass is 16.8. The lowest BCUT2D eigenvalue weighted by Gasteiger charge is -2.38. The fourth-order valence-electron chi connectivity index (χ4n) is 2.59. The second-order valence-electron chi connectivity index (χ2n) is 4.15. The summed E-state index contributed by atoms with van der Waals surface area (Å²) in [5, 5.41) is 0. The molecule has 0 aromatic carbocycles. The van der Waals surface area contributed by atoms with E-state index in [4.69, 9.17) is 14.2 Å². The summed E-state index contributed by atoms with van der Waals surface area (Å²) in [7, 11) is 0. The topological polar surface area (TPSA) is 44.8 Å². The number of ether oxygens (including phenoxy) is 3. The van der Waals surface area contributed by atoms with Crippen LogP contribution in [0.1, 0.15) is 13.8 Å². The van der Waals surface area contributed by atoms with Crippen molar-refractivity contribution in [1.29, 1.82) is 0 Å². The Balaban J connectivity index is 2.02. The van der Waals surface area contributed by atoms with Crippen molar-refractivity contribution in [2.24, 2.45) is 11.8 Å². The molecule has 0 radical (unpaired) electrons. The molecule has 3 aliphatic heterocycles. The van der Waals surface area contributed by atoms with Crippen LogP contribution < -0.4 is 0 Å². The lowest BCUT2D eigenvalue weighted by atomic mass is 9.84. The molecule has 4 nitrogen and oxygen atoms in total. The second-order valence-corrected chi connectivity index (χ2v) is 4.15. The number of hydrogen-bond donors (Lipinski definition) is 0. The first kappa shape index (κ1) is 7.76. The van der Waals surface area contributed by atoms with Gasteiger partial charge in [-0.1, -0.05) is 13.8 Å². The van der Waals surface area contributed by atoms with Crippen LogP contribution in [-0.4, -0.2) is 30.6 Å². The molecule has 3 rings (SSSR count). The SMILES string of the molecule is CC1C2OC3OC(=O)C(O[C@H]31)[C@H]2C. The van der Waals surface area contributed by atoms with Gasteiger partial charge in [-0.3, -0.25) is 0 Å². The Morgan fingerprint density at radius 3 is 2.62 bits per heavy atom. The summed E-state index contributed by atoms with van der Waals surface area (Å²) in [6.45, 7) is 4.07. The van der Waals surface area contributed by atoms with E-state index < -0.39 is 12.4 Å². The quantitative estimate of drug-likeness (QED) is 0.508. The van der Waals surface area contributed by atoms with Crippen LogP contribution in [0, 0.1) is 11.8 Å². The zero-order valence-electron chi connectivity index (χ0n) is 7.60. The molecule has 3 bridgehead atoms. The molecule has 3 heterocycles. The lowest BCUT2D eigenvalue weighted by molar-refractivity contribution is -0.225. The molecule has 0 saturated carbocycles. The third-order valence-electron chi connectivity index (χ3n) is 3.36. The van der Waals surface area contributed by atoms with Crippen molar-refractivity contribution in [1.82, 2.24) is 0 Å². The van der Waals surface area contributed by atoms with Crippen LogP contribution in [0.3, 0.4) is 0 Å². The molecule has 6 atom stereocenters. The number of esters is 1. The predicted octanol–water partition coefficient (Wildman–Crippen LogP) is 0.308. The first-order chi connectivity index (χ1) is 6.18. The number of carbonyl (C=O) groups is 1. The fraction of sp³-hybridized carbons (Fsp3) is 0.889. The fourth-order valence-corrected chi connectivity index (χ4v) is 2.59. The molecule has 3 saturated heterocycles. The zero-order valence-corrected chi connectivity index (χ0v) is 7.60. The second kappa shape index (κ2) is 2.25. The van der Waals surface area contributed by atoms with Crippen molar-refractivity contribution < 1.29 is 19.0 Å². The Bertz CT molecular complexity index is 264. The average molecular weight is 184 g/mol. The molecule has 4 heteroatoms. The van der Waals surface area contributed by atoms with E-state index in [0.717, 1.165) is 0 Å². The smallest absolute Gasteiger partial charge is 0.338 e. The summed E-state index contributed by atoms with van der Waals surface area (Å²) in [6.07, 6.45) is -0.761. The van der Waals surface area contributed by atoms with Gasteiger partial charge < -0.3 is 14.2 Å². The van der Waals surface area contributed by atoms with Crippen LogP contribution in [-0.2, 0) is 19.0 Å². The van der Waals surface area contributed by atoms with Gasteiger partial charge in [0.1, 0.15) is 6.10 Å². The van der Waals surface area contributed by atoms with Crippen LogP contribution in [0.2, 0.25) is 0 Å². The molecule has 0 aromatic rings. The van der Waals surface area contributed by atoms with Gasteiger partial charge in [0.15, 0.2) is 6.10 Å². The van der Waals surface area contributed by atoms with Crippen molar-refractivity contribution in [3.8, 4) is 0 Å². The number of carbonyl (C=O) groups excluding carboxylic acids is 1. The van der Waals surface area contributed by atoms with Gasteiger partial charge in [-0.25, -0.2) is 4.79 Å². The maximum Gasteiger partial charge on any atom is 0.338 e. The van der Waals surface area contributed by atoms with E-state index in [1.165, 1.54) is 0 Å². The van der Waals surface area contributed by atoms with Crippen LogP contribution >= 0.6 is 0 Å². The Kier molecular flexibility index (Phi) is 1.34. The highest BCUT2D eigenvalue weighted by molar-refractivity contribution is 5.76. The van der Waals surface area contributed by atoms with Crippen molar-refractivity contribution in [2.45, 2.75) is 38.4 Å². The first-order valence-corrected chi connectivity index (χ1v) is 4.70. The van der Waals surface area contributed by atoms with E-state index in [0.29, 0.717) is 5.92 Å². The third kappa shape index (κ3) is 0.802. The summed E-state index contributed by atoms with van der Waals surface area (Å²) < 4.78 is 16.3. The molecule has 3 aliphatic rings. The lowest BCUT2D eigenvalue weighted by Crippen LogP contribution is -2.53. The van der Waals surface area contributed by atoms with Gasteiger partial charge in [0.2, 0.25) is 6.29 Å². The van der Waals surface area contributed by atoms with Crippen molar-refractivity contribution in [2.75, 3.05) is 0 Å². The van der Waals surface area contributed by atoms with Crippen molar-refractivity contribution >= 4 is 5.97 Å². The molecular formula is C9H12O4. The minimum atomic E-state index is -0.450. The molecule has 72 valence electrons. The summed E-state index contributed by atoms with van der Waals surface area (Å²) in [4.78, 5) is 11.3. The number of hydrogen-bond acceptors (Lipinski definition) is 4. The van der Waals surface area contributed by atoms with Gasteiger partial charge in [-0.2, -0.15) is 0 Å². The zero-order chi connectivity index (χ0) is 9.16. The Labute approximate surface area is 76.1 Å². The van der Waals surface area contributed by atoms with Gasteiger partial charge in [-0.15, -0.1) is 0 Å². The van der Waals surface area contributed by atoms with E-state index in [2.05, 4.69) is 6.92 Å². The standard InChI is InChI=1S/C9H12O4/c1-3-5-4(2)7-9(12-5)13-8(10)6(3)11-7/h3-7,9H,1-2H3/t3-,4?,5?,6?,7-,9?/m0/s1. The number of rotatable bonds is 0. The van der Waals surface area contributed by atoms with Crippen LogP contribution in [0.5, 0.6) is 0 Å². The van der Waals surface area contributed by atoms with E-state index in [-0.39, 0.29) is 24.1 Å².